The molecular weight excluding hydrogens is 200 g/mol. The summed E-state index contributed by atoms with van der Waals surface area (Å²) in [6.07, 6.45) is 1.25. The van der Waals surface area contributed by atoms with E-state index >= 15 is 0 Å². The van der Waals surface area contributed by atoms with Gasteiger partial charge in [-0.3, -0.25) is 4.79 Å². The predicted molar refractivity (Wildman–Crippen MR) is 54.2 cm³/mol. The highest BCUT2D eigenvalue weighted by Gasteiger charge is 2.21. The van der Waals surface area contributed by atoms with Crippen LogP contribution in [-0.4, -0.2) is 40.8 Å². The summed E-state index contributed by atoms with van der Waals surface area (Å²) in [6.45, 7) is 1.59. The van der Waals surface area contributed by atoms with E-state index in [-0.39, 0.29) is 13.0 Å². The number of aliphatic hydroxyl groups excluding tert-OH is 1. The summed E-state index contributed by atoms with van der Waals surface area (Å²) in [5, 5.41) is 19.6. The highest BCUT2D eigenvalue weighted by Crippen LogP contribution is 1.96. The number of carboxylic acids is 1. The number of amides is 1. The average molecular weight is 218 g/mol. The maximum Gasteiger partial charge on any atom is 0.326 e. The summed E-state index contributed by atoms with van der Waals surface area (Å²) in [4.78, 5) is 22.0. The molecule has 2 atom stereocenters. The number of aliphatic hydroxyl groups is 1. The molecule has 0 aliphatic rings. The van der Waals surface area contributed by atoms with Gasteiger partial charge in [0.25, 0.3) is 0 Å². The zero-order chi connectivity index (χ0) is 11.8. The molecule has 0 saturated carbocycles. The third-order valence-corrected chi connectivity index (χ3v) is 1.97. The highest BCUT2D eigenvalue weighted by atomic mass is 16.4. The van der Waals surface area contributed by atoms with Gasteiger partial charge in [-0.2, -0.15) is 0 Å². The van der Waals surface area contributed by atoms with Crippen LogP contribution >= 0.6 is 0 Å². The molecule has 0 radical (unpaired) electrons. The van der Waals surface area contributed by atoms with Crippen LogP contribution in [0.15, 0.2) is 0 Å². The lowest BCUT2D eigenvalue weighted by Gasteiger charge is -2.16. The van der Waals surface area contributed by atoms with Gasteiger partial charge in [0.05, 0.1) is 6.04 Å². The molecule has 0 aromatic heterocycles. The summed E-state index contributed by atoms with van der Waals surface area (Å²) in [5.74, 6) is -1.65. The monoisotopic (exact) mass is 218 g/mol. The Morgan fingerprint density at radius 3 is 2.40 bits per heavy atom. The summed E-state index contributed by atoms with van der Waals surface area (Å²) in [6, 6.07) is -1.75. The molecule has 0 spiro atoms. The van der Waals surface area contributed by atoms with Crippen molar-refractivity contribution in [1.29, 1.82) is 0 Å². The van der Waals surface area contributed by atoms with Crippen molar-refractivity contribution in [2.24, 2.45) is 5.73 Å². The van der Waals surface area contributed by atoms with E-state index < -0.39 is 24.0 Å². The van der Waals surface area contributed by atoms with Crippen LogP contribution in [0.3, 0.4) is 0 Å². The van der Waals surface area contributed by atoms with Crippen molar-refractivity contribution in [2.75, 3.05) is 6.61 Å². The minimum absolute atomic E-state index is 0.0140. The van der Waals surface area contributed by atoms with Crippen molar-refractivity contribution in [3.8, 4) is 0 Å². The van der Waals surface area contributed by atoms with Crippen LogP contribution in [0.5, 0.6) is 0 Å². The van der Waals surface area contributed by atoms with Crippen molar-refractivity contribution in [2.45, 2.75) is 38.3 Å². The molecular formula is C9H18N2O4. The Labute approximate surface area is 88.5 Å². The smallest absolute Gasteiger partial charge is 0.326 e. The molecule has 6 heteroatoms. The van der Waals surface area contributed by atoms with Gasteiger partial charge < -0.3 is 21.3 Å². The minimum atomic E-state index is -1.17. The van der Waals surface area contributed by atoms with Gasteiger partial charge in [-0.15, -0.1) is 0 Å². The molecule has 1 unspecified atom stereocenters. The van der Waals surface area contributed by atoms with Crippen LogP contribution in [0.4, 0.5) is 0 Å². The summed E-state index contributed by atoms with van der Waals surface area (Å²) in [7, 11) is 0. The van der Waals surface area contributed by atoms with Crippen molar-refractivity contribution in [3.63, 3.8) is 0 Å². The van der Waals surface area contributed by atoms with Gasteiger partial charge in [0.1, 0.15) is 6.04 Å². The highest BCUT2D eigenvalue weighted by molar-refractivity contribution is 5.86. The van der Waals surface area contributed by atoms with Gasteiger partial charge in [-0.05, 0) is 6.42 Å². The standard InChI is InChI=1S/C9H18N2O4/c1-2-3-6(10)8(13)11-7(4-5-12)9(14)15/h6-7,12H,2-5,10H2,1H3,(H,11,13)(H,14,15)/t6?,7-/m0/s1. The predicted octanol–water partition coefficient (Wildman–Crippen LogP) is -0.934. The number of hydrogen-bond acceptors (Lipinski definition) is 4. The van der Waals surface area contributed by atoms with Crippen LogP contribution < -0.4 is 11.1 Å². The molecule has 0 heterocycles. The zero-order valence-electron chi connectivity index (χ0n) is 8.77. The number of nitrogens with one attached hydrogen (secondary N) is 1. The molecule has 1 amide bonds. The molecule has 0 fully saturated rings. The maximum atomic E-state index is 11.3. The molecule has 0 aliphatic carbocycles. The van der Waals surface area contributed by atoms with Gasteiger partial charge in [-0.25, -0.2) is 4.79 Å². The topological polar surface area (TPSA) is 113 Å². The quantitative estimate of drug-likeness (QED) is 0.441. The average Bonchev–Trinajstić information content (AvgIpc) is 2.17. The van der Waals surface area contributed by atoms with Crippen LogP contribution in [0.2, 0.25) is 0 Å². The first-order valence-corrected chi connectivity index (χ1v) is 4.92. The summed E-state index contributed by atoms with van der Waals surface area (Å²) < 4.78 is 0. The van der Waals surface area contributed by atoms with Crippen LogP contribution in [0.1, 0.15) is 26.2 Å². The molecule has 0 aromatic carbocycles. The molecule has 0 saturated heterocycles. The van der Waals surface area contributed by atoms with E-state index in [0.29, 0.717) is 6.42 Å². The van der Waals surface area contributed by atoms with E-state index in [1.54, 1.807) is 0 Å². The molecule has 0 rings (SSSR count). The van der Waals surface area contributed by atoms with Crippen LogP contribution in [-0.2, 0) is 9.59 Å². The SMILES string of the molecule is CCCC(N)C(=O)N[C@@H](CCO)C(=O)O. The van der Waals surface area contributed by atoms with Crippen molar-refractivity contribution < 1.29 is 19.8 Å². The van der Waals surface area contributed by atoms with Gasteiger partial charge in [-0.1, -0.05) is 13.3 Å². The molecule has 0 bridgehead atoms. The molecule has 6 nitrogen and oxygen atoms in total. The number of hydrogen-bond donors (Lipinski definition) is 4. The number of carbonyl (C=O) groups is 2. The van der Waals surface area contributed by atoms with Crippen LogP contribution in [0.25, 0.3) is 0 Å². The fourth-order valence-electron chi connectivity index (χ4n) is 1.11. The number of aliphatic carboxylic acids is 1. The van der Waals surface area contributed by atoms with Gasteiger partial charge in [0.2, 0.25) is 5.91 Å². The fraction of sp³-hybridized carbons (Fsp3) is 0.778. The molecule has 0 aliphatic heterocycles. The number of rotatable bonds is 7. The molecule has 88 valence electrons. The summed E-state index contributed by atoms with van der Waals surface area (Å²) >= 11 is 0. The van der Waals surface area contributed by atoms with Crippen LogP contribution in [0, 0.1) is 0 Å². The van der Waals surface area contributed by atoms with Gasteiger partial charge >= 0.3 is 5.97 Å². The largest absolute Gasteiger partial charge is 0.480 e. The Bertz CT molecular complexity index is 220. The second-order valence-electron chi connectivity index (χ2n) is 3.31. The Morgan fingerprint density at radius 2 is 2.00 bits per heavy atom. The number of carbonyl (C=O) groups excluding carboxylic acids is 1. The first kappa shape index (κ1) is 13.9. The Hall–Kier alpha value is -1.14. The molecule has 15 heavy (non-hydrogen) atoms. The number of carboxylic acid groups (broad SMARTS) is 1. The normalized spacial score (nSPS) is 14.3. The third kappa shape index (κ3) is 5.34. The Balaban J connectivity index is 4.15. The lowest BCUT2D eigenvalue weighted by molar-refractivity contribution is -0.142. The van der Waals surface area contributed by atoms with E-state index in [1.165, 1.54) is 0 Å². The Morgan fingerprint density at radius 1 is 1.40 bits per heavy atom. The zero-order valence-corrected chi connectivity index (χ0v) is 8.77. The van der Waals surface area contributed by atoms with E-state index in [9.17, 15) is 9.59 Å². The van der Waals surface area contributed by atoms with E-state index in [2.05, 4.69) is 5.32 Å². The van der Waals surface area contributed by atoms with Crippen molar-refractivity contribution in [3.05, 3.63) is 0 Å². The molecule has 0 aromatic rings. The van der Waals surface area contributed by atoms with Gasteiger partial charge in [0, 0.05) is 13.0 Å². The Kier molecular flexibility index (Phi) is 6.64. The van der Waals surface area contributed by atoms with E-state index in [0.717, 1.165) is 6.42 Å². The van der Waals surface area contributed by atoms with Crippen molar-refractivity contribution in [1.82, 2.24) is 5.32 Å². The van der Waals surface area contributed by atoms with Gasteiger partial charge in [0.15, 0.2) is 0 Å². The maximum absolute atomic E-state index is 11.3. The fourth-order valence-corrected chi connectivity index (χ4v) is 1.11. The lowest BCUT2D eigenvalue weighted by Crippen LogP contribution is -2.48. The van der Waals surface area contributed by atoms with E-state index in [4.69, 9.17) is 15.9 Å². The lowest BCUT2D eigenvalue weighted by atomic mass is 10.1. The van der Waals surface area contributed by atoms with Crippen molar-refractivity contribution >= 4 is 11.9 Å². The summed E-state index contributed by atoms with van der Waals surface area (Å²) in [5.41, 5.74) is 5.50. The third-order valence-electron chi connectivity index (χ3n) is 1.97. The first-order chi connectivity index (χ1) is 7.02. The minimum Gasteiger partial charge on any atom is -0.480 e. The number of nitrogens with two attached hydrogens (primary N) is 1. The molecule has 5 N–H and O–H groups in total. The second kappa shape index (κ2) is 7.19. The van der Waals surface area contributed by atoms with E-state index in [1.807, 2.05) is 6.92 Å². The first-order valence-electron chi connectivity index (χ1n) is 4.92. The second-order valence-corrected chi connectivity index (χ2v) is 3.31.